The van der Waals surface area contributed by atoms with Crippen molar-refractivity contribution in [3.05, 3.63) is 99.0 Å². The van der Waals surface area contributed by atoms with Crippen LogP contribution < -0.4 is 9.47 Å². The van der Waals surface area contributed by atoms with E-state index in [0.29, 0.717) is 23.8 Å². The van der Waals surface area contributed by atoms with E-state index in [2.05, 4.69) is 40.4 Å². The molecule has 1 saturated heterocycles. The first-order valence-corrected chi connectivity index (χ1v) is 13.9. The topological polar surface area (TPSA) is 60.8 Å². The Balaban J connectivity index is 1.31. The summed E-state index contributed by atoms with van der Waals surface area (Å²) in [4.78, 5) is 27.3. The number of carbonyl (C=O) groups is 2. The molecule has 0 bridgehead atoms. The average Bonchev–Trinajstić information content (AvgIpc) is 3.37. The number of rotatable bonds is 9. The van der Waals surface area contributed by atoms with Crippen LogP contribution >= 0.6 is 27.7 Å². The largest absolute Gasteiger partial charge is 0.492 e. The molecule has 0 unspecified atom stereocenters. The molecule has 6 nitrogen and oxygen atoms in total. The summed E-state index contributed by atoms with van der Waals surface area (Å²) in [6, 6.07) is 21.5. The molecule has 0 atom stereocenters. The molecule has 1 aromatic heterocycles. The van der Waals surface area contributed by atoms with Gasteiger partial charge in [0.15, 0.2) is 0 Å². The van der Waals surface area contributed by atoms with Crippen LogP contribution in [0.2, 0.25) is 0 Å². The van der Waals surface area contributed by atoms with Gasteiger partial charge in [-0.05, 0) is 85.3 Å². The zero-order valence-corrected chi connectivity index (χ0v) is 23.6. The Hall–Kier alpha value is -3.49. The fraction of sp³-hybridized carbons (Fsp3) is 0.200. The maximum absolute atomic E-state index is 13.1. The van der Waals surface area contributed by atoms with Gasteiger partial charge in [-0.1, -0.05) is 40.2 Å². The Morgan fingerprint density at radius 2 is 1.63 bits per heavy atom. The first kappa shape index (κ1) is 26.1. The highest BCUT2D eigenvalue weighted by molar-refractivity contribution is 9.10. The van der Waals surface area contributed by atoms with Crippen LogP contribution in [0.15, 0.2) is 82.3 Å². The number of hydrogen-bond donors (Lipinski definition) is 0. The van der Waals surface area contributed by atoms with Crippen molar-refractivity contribution in [1.82, 2.24) is 9.47 Å². The molecule has 1 fully saturated rings. The highest BCUT2D eigenvalue weighted by Crippen LogP contribution is 2.35. The molecular weight excluding hydrogens is 564 g/mol. The Labute approximate surface area is 234 Å². The second-order valence-corrected chi connectivity index (χ2v) is 10.9. The fourth-order valence-corrected chi connectivity index (χ4v) is 5.48. The van der Waals surface area contributed by atoms with Crippen molar-refractivity contribution in [3.8, 4) is 11.5 Å². The van der Waals surface area contributed by atoms with Crippen LogP contribution in [0.1, 0.15) is 16.7 Å². The molecule has 0 N–H and O–H groups in total. The first-order valence-electron chi connectivity index (χ1n) is 12.3. The number of imide groups is 1. The number of thioether (sulfide) groups is 1. The van der Waals surface area contributed by atoms with Crippen molar-refractivity contribution in [2.24, 2.45) is 0 Å². The summed E-state index contributed by atoms with van der Waals surface area (Å²) in [5.74, 6) is 1.25. The van der Waals surface area contributed by atoms with Gasteiger partial charge in [0.05, 0.1) is 18.0 Å². The van der Waals surface area contributed by atoms with Crippen LogP contribution in [-0.2, 0) is 11.3 Å². The molecule has 0 spiro atoms. The monoisotopic (exact) mass is 590 g/mol. The van der Waals surface area contributed by atoms with Crippen molar-refractivity contribution in [2.45, 2.75) is 20.4 Å². The predicted octanol–water partition coefficient (Wildman–Crippen LogP) is 7.21. The number of carbonyl (C=O) groups excluding carboxylic acids is 2. The Bertz CT molecular complexity index is 1530. The molecule has 8 heteroatoms. The number of para-hydroxylation sites is 1. The number of halogens is 1. The minimum absolute atomic E-state index is 0.194. The van der Waals surface area contributed by atoms with Gasteiger partial charge in [-0.15, -0.1) is 0 Å². The van der Waals surface area contributed by atoms with Gasteiger partial charge in [0, 0.05) is 27.1 Å². The SMILES string of the molecule is Cc1ccc(OCCn2cc(/C=C3\SC(=O)N(CCOc4ccccc4)C3=O)c3cc(Br)ccc32)cc1C. The molecule has 5 rings (SSSR count). The number of aromatic nitrogens is 1. The number of ether oxygens (including phenoxy) is 2. The number of benzene rings is 3. The maximum Gasteiger partial charge on any atom is 0.293 e. The van der Waals surface area contributed by atoms with E-state index >= 15 is 0 Å². The van der Waals surface area contributed by atoms with E-state index in [0.717, 1.165) is 38.5 Å². The van der Waals surface area contributed by atoms with Gasteiger partial charge in [0.1, 0.15) is 24.7 Å². The smallest absolute Gasteiger partial charge is 0.293 e. The molecule has 4 aromatic rings. The highest BCUT2D eigenvalue weighted by atomic mass is 79.9. The van der Waals surface area contributed by atoms with E-state index in [4.69, 9.17) is 9.47 Å². The molecule has 1 aliphatic rings. The van der Waals surface area contributed by atoms with Crippen molar-refractivity contribution in [1.29, 1.82) is 0 Å². The van der Waals surface area contributed by atoms with Crippen molar-refractivity contribution in [2.75, 3.05) is 19.8 Å². The van der Waals surface area contributed by atoms with E-state index in [1.807, 2.05) is 66.9 Å². The van der Waals surface area contributed by atoms with Gasteiger partial charge in [-0.2, -0.15) is 0 Å². The highest BCUT2D eigenvalue weighted by Gasteiger charge is 2.35. The lowest BCUT2D eigenvalue weighted by Crippen LogP contribution is -2.32. The number of hydrogen-bond acceptors (Lipinski definition) is 5. The fourth-order valence-electron chi connectivity index (χ4n) is 4.27. The van der Waals surface area contributed by atoms with Gasteiger partial charge < -0.3 is 14.0 Å². The molecule has 194 valence electrons. The summed E-state index contributed by atoms with van der Waals surface area (Å²) in [6.45, 7) is 5.72. The van der Waals surface area contributed by atoms with Crippen LogP contribution in [0.4, 0.5) is 4.79 Å². The third-order valence-corrected chi connectivity index (χ3v) is 7.84. The third-order valence-electron chi connectivity index (χ3n) is 6.44. The van der Waals surface area contributed by atoms with Crippen LogP contribution in [0.5, 0.6) is 11.5 Å². The lowest BCUT2D eigenvalue weighted by atomic mass is 10.1. The van der Waals surface area contributed by atoms with Crippen LogP contribution in [0.3, 0.4) is 0 Å². The molecule has 2 amide bonds. The lowest BCUT2D eigenvalue weighted by molar-refractivity contribution is -0.123. The predicted molar refractivity (Wildman–Crippen MR) is 156 cm³/mol. The Kier molecular flexibility index (Phi) is 7.90. The summed E-state index contributed by atoms with van der Waals surface area (Å²) in [7, 11) is 0. The summed E-state index contributed by atoms with van der Waals surface area (Å²) in [5, 5.41) is 0.703. The minimum Gasteiger partial charge on any atom is -0.492 e. The van der Waals surface area contributed by atoms with E-state index in [-0.39, 0.29) is 24.3 Å². The molecule has 1 aliphatic heterocycles. The normalized spacial score (nSPS) is 14.6. The maximum atomic E-state index is 13.1. The van der Waals surface area contributed by atoms with Crippen molar-refractivity contribution >= 4 is 55.8 Å². The number of aryl methyl sites for hydroxylation is 2. The van der Waals surface area contributed by atoms with Gasteiger partial charge in [-0.25, -0.2) is 0 Å². The van der Waals surface area contributed by atoms with Crippen LogP contribution in [0, 0.1) is 13.8 Å². The molecule has 2 heterocycles. The second kappa shape index (κ2) is 11.5. The summed E-state index contributed by atoms with van der Waals surface area (Å²) in [6.07, 6.45) is 3.81. The van der Waals surface area contributed by atoms with Gasteiger partial charge >= 0.3 is 0 Å². The Morgan fingerprint density at radius 1 is 0.868 bits per heavy atom. The molecular formula is C30H27BrN2O4S. The minimum atomic E-state index is -0.300. The number of nitrogens with zero attached hydrogens (tertiary/aromatic N) is 2. The van der Waals surface area contributed by atoms with Gasteiger partial charge in [0.2, 0.25) is 0 Å². The quantitative estimate of drug-likeness (QED) is 0.193. The number of fused-ring (bicyclic) bond motifs is 1. The van der Waals surface area contributed by atoms with Crippen molar-refractivity contribution < 1.29 is 19.1 Å². The Morgan fingerprint density at radius 3 is 2.42 bits per heavy atom. The summed E-state index contributed by atoms with van der Waals surface area (Å²) >= 11 is 4.52. The zero-order chi connectivity index (χ0) is 26.6. The van der Waals surface area contributed by atoms with Crippen LogP contribution in [0.25, 0.3) is 17.0 Å². The number of amides is 2. The average molecular weight is 592 g/mol. The van der Waals surface area contributed by atoms with Crippen LogP contribution in [-0.4, -0.2) is 40.4 Å². The second-order valence-electron chi connectivity index (χ2n) is 9.03. The summed E-state index contributed by atoms with van der Waals surface area (Å²) < 4.78 is 14.7. The van der Waals surface area contributed by atoms with E-state index in [1.54, 1.807) is 6.08 Å². The van der Waals surface area contributed by atoms with Gasteiger partial charge in [-0.3, -0.25) is 14.5 Å². The van der Waals surface area contributed by atoms with E-state index in [1.165, 1.54) is 16.0 Å². The van der Waals surface area contributed by atoms with E-state index < -0.39 is 0 Å². The standard InChI is InChI=1S/C30H27BrN2O4S/c1-20-8-10-25(16-21(20)2)37-14-12-32-19-22(26-18-23(31)9-11-27(26)32)17-28-29(34)33(30(35)38-28)13-15-36-24-6-4-3-5-7-24/h3-11,16-19H,12-15H2,1-2H3/b28-17-. The molecule has 38 heavy (non-hydrogen) atoms. The molecule has 0 radical (unpaired) electrons. The molecule has 0 saturated carbocycles. The van der Waals surface area contributed by atoms with Gasteiger partial charge in [0.25, 0.3) is 11.1 Å². The molecule has 3 aromatic carbocycles. The molecule has 0 aliphatic carbocycles. The van der Waals surface area contributed by atoms with E-state index in [9.17, 15) is 9.59 Å². The lowest BCUT2D eigenvalue weighted by Gasteiger charge is -2.13. The third kappa shape index (κ3) is 5.81. The van der Waals surface area contributed by atoms with Crippen molar-refractivity contribution in [3.63, 3.8) is 0 Å². The first-order chi connectivity index (χ1) is 18.4. The summed E-state index contributed by atoms with van der Waals surface area (Å²) in [5.41, 5.74) is 4.33. The zero-order valence-electron chi connectivity index (χ0n) is 21.1.